The molecular weight excluding hydrogens is 292 g/mol. The second-order valence-electron chi connectivity index (χ2n) is 7.95. The third-order valence-corrected chi connectivity index (χ3v) is 5.83. The van der Waals surface area contributed by atoms with Gasteiger partial charge in [-0.25, -0.2) is 0 Å². The zero-order chi connectivity index (χ0) is 17.5. The van der Waals surface area contributed by atoms with Crippen molar-refractivity contribution in [1.29, 1.82) is 0 Å². The Morgan fingerprint density at radius 3 is 1.25 bits per heavy atom. The van der Waals surface area contributed by atoms with Gasteiger partial charge in [0.2, 0.25) is 0 Å². The van der Waals surface area contributed by atoms with E-state index in [-0.39, 0.29) is 0 Å². The normalized spacial score (nSPS) is 17.1. The molecule has 0 aromatic heterocycles. The first kappa shape index (κ1) is 22.0. The van der Waals surface area contributed by atoms with Gasteiger partial charge in [-0.2, -0.15) is 0 Å². The van der Waals surface area contributed by atoms with Crippen LogP contribution >= 0.6 is 0 Å². The zero-order valence-corrected chi connectivity index (χ0v) is 17.2. The molecule has 0 bridgehead atoms. The van der Waals surface area contributed by atoms with Gasteiger partial charge in [-0.3, -0.25) is 9.80 Å². The van der Waals surface area contributed by atoms with E-state index in [1.807, 2.05) is 0 Å². The van der Waals surface area contributed by atoms with Crippen molar-refractivity contribution in [3.05, 3.63) is 0 Å². The summed E-state index contributed by atoms with van der Waals surface area (Å²) in [6, 6.07) is 0. The summed E-state index contributed by atoms with van der Waals surface area (Å²) in [4.78, 5) is 5.43. The molecule has 1 saturated heterocycles. The average Bonchev–Trinajstić information content (AvgIpc) is 2.93. The van der Waals surface area contributed by atoms with Crippen LogP contribution in [0.15, 0.2) is 0 Å². The van der Waals surface area contributed by atoms with Crippen LogP contribution in [0.2, 0.25) is 0 Å². The molecule has 2 nitrogen and oxygen atoms in total. The molecule has 0 amide bonds. The Hall–Kier alpha value is -0.0800. The Labute approximate surface area is 153 Å². The lowest BCUT2D eigenvalue weighted by Gasteiger charge is -2.27. The Kier molecular flexibility index (Phi) is 13.9. The highest BCUT2D eigenvalue weighted by Crippen LogP contribution is 2.17. The fourth-order valence-corrected chi connectivity index (χ4v) is 4.00. The van der Waals surface area contributed by atoms with Gasteiger partial charge in [-0.1, -0.05) is 90.9 Å². The van der Waals surface area contributed by atoms with Gasteiger partial charge in [0.15, 0.2) is 0 Å². The molecule has 0 N–H and O–H groups in total. The molecule has 0 aromatic carbocycles. The number of unbranched alkanes of at least 4 members (excludes halogenated alkanes) is 12. The standard InChI is InChI=1S/C22H46N2/c1-4-6-8-10-12-14-16-18-23-20-21-24(22(23)3)19-17-15-13-11-9-7-5-2/h22H,4-21H2,1-3H3. The minimum absolute atomic E-state index is 0.685. The van der Waals surface area contributed by atoms with Gasteiger partial charge < -0.3 is 0 Å². The van der Waals surface area contributed by atoms with E-state index in [0.29, 0.717) is 6.17 Å². The van der Waals surface area contributed by atoms with E-state index in [0.717, 1.165) is 0 Å². The molecule has 1 rings (SSSR count). The summed E-state index contributed by atoms with van der Waals surface area (Å²) in [6.07, 6.45) is 20.6. The maximum atomic E-state index is 2.72. The average molecular weight is 339 g/mol. The van der Waals surface area contributed by atoms with E-state index >= 15 is 0 Å². The maximum Gasteiger partial charge on any atom is 0.0594 e. The van der Waals surface area contributed by atoms with Crippen LogP contribution in [0.4, 0.5) is 0 Å². The largest absolute Gasteiger partial charge is 0.287 e. The lowest BCUT2D eigenvalue weighted by Crippen LogP contribution is -2.37. The first-order valence-corrected chi connectivity index (χ1v) is 11.3. The summed E-state index contributed by atoms with van der Waals surface area (Å²) in [5.74, 6) is 0. The minimum Gasteiger partial charge on any atom is -0.287 e. The molecule has 1 aliphatic rings. The van der Waals surface area contributed by atoms with Crippen LogP contribution in [-0.4, -0.2) is 42.1 Å². The van der Waals surface area contributed by atoms with Crippen molar-refractivity contribution in [1.82, 2.24) is 9.80 Å². The summed E-state index contributed by atoms with van der Waals surface area (Å²) in [6.45, 7) is 12.3. The second-order valence-corrected chi connectivity index (χ2v) is 7.95. The first-order valence-electron chi connectivity index (χ1n) is 11.3. The molecule has 0 aromatic rings. The molecule has 2 heteroatoms. The molecule has 1 heterocycles. The molecule has 0 radical (unpaired) electrons. The molecule has 1 aliphatic heterocycles. The van der Waals surface area contributed by atoms with Crippen LogP contribution in [0.25, 0.3) is 0 Å². The highest BCUT2D eigenvalue weighted by Gasteiger charge is 2.26. The van der Waals surface area contributed by atoms with Crippen molar-refractivity contribution < 1.29 is 0 Å². The molecule has 0 unspecified atom stereocenters. The molecule has 0 aliphatic carbocycles. The Morgan fingerprint density at radius 2 is 0.875 bits per heavy atom. The topological polar surface area (TPSA) is 6.48 Å². The van der Waals surface area contributed by atoms with Gasteiger partial charge in [0, 0.05) is 13.1 Å². The highest BCUT2D eigenvalue weighted by atomic mass is 15.4. The first-order chi connectivity index (χ1) is 11.8. The van der Waals surface area contributed by atoms with E-state index in [4.69, 9.17) is 0 Å². The van der Waals surface area contributed by atoms with Crippen molar-refractivity contribution in [2.24, 2.45) is 0 Å². The van der Waals surface area contributed by atoms with Crippen molar-refractivity contribution >= 4 is 0 Å². The lowest BCUT2D eigenvalue weighted by molar-refractivity contribution is 0.149. The van der Waals surface area contributed by atoms with Gasteiger partial charge in [0.05, 0.1) is 6.17 Å². The number of rotatable bonds is 16. The minimum atomic E-state index is 0.685. The van der Waals surface area contributed by atoms with E-state index in [1.165, 1.54) is 116 Å². The maximum absolute atomic E-state index is 2.72. The predicted octanol–water partition coefficient (Wildman–Crippen LogP) is 6.45. The van der Waals surface area contributed by atoms with Crippen molar-refractivity contribution in [2.45, 2.75) is 117 Å². The lowest BCUT2D eigenvalue weighted by atomic mass is 10.1. The van der Waals surface area contributed by atoms with Crippen molar-refractivity contribution in [3.8, 4) is 0 Å². The summed E-state index contributed by atoms with van der Waals surface area (Å²) < 4.78 is 0. The molecule has 24 heavy (non-hydrogen) atoms. The molecule has 144 valence electrons. The summed E-state index contributed by atoms with van der Waals surface area (Å²) >= 11 is 0. The van der Waals surface area contributed by atoms with E-state index in [1.54, 1.807) is 0 Å². The van der Waals surface area contributed by atoms with Gasteiger partial charge in [0.1, 0.15) is 0 Å². The fraction of sp³-hybridized carbons (Fsp3) is 1.00. The van der Waals surface area contributed by atoms with Crippen LogP contribution in [0, 0.1) is 0 Å². The Morgan fingerprint density at radius 1 is 0.542 bits per heavy atom. The van der Waals surface area contributed by atoms with Gasteiger partial charge in [-0.15, -0.1) is 0 Å². The molecule has 1 fully saturated rings. The van der Waals surface area contributed by atoms with Crippen molar-refractivity contribution in [2.75, 3.05) is 26.2 Å². The summed E-state index contributed by atoms with van der Waals surface area (Å²) in [5.41, 5.74) is 0. The zero-order valence-electron chi connectivity index (χ0n) is 17.2. The van der Waals surface area contributed by atoms with E-state index in [9.17, 15) is 0 Å². The van der Waals surface area contributed by atoms with Crippen LogP contribution in [0.3, 0.4) is 0 Å². The van der Waals surface area contributed by atoms with Crippen LogP contribution < -0.4 is 0 Å². The van der Waals surface area contributed by atoms with Gasteiger partial charge in [0.25, 0.3) is 0 Å². The van der Waals surface area contributed by atoms with Crippen molar-refractivity contribution in [3.63, 3.8) is 0 Å². The molecule has 0 atom stereocenters. The summed E-state index contributed by atoms with van der Waals surface area (Å²) in [7, 11) is 0. The fourth-order valence-electron chi connectivity index (χ4n) is 4.00. The Balaban J connectivity index is 1.97. The number of nitrogens with zero attached hydrogens (tertiary/aromatic N) is 2. The van der Waals surface area contributed by atoms with Crippen LogP contribution in [-0.2, 0) is 0 Å². The smallest absolute Gasteiger partial charge is 0.0594 e. The third kappa shape index (κ3) is 10.0. The SMILES string of the molecule is CCCCCCCCCN1CCN(CCCCCCCCC)C1C. The monoisotopic (exact) mass is 338 g/mol. The highest BCUT2D eigenvalue weighted by molar-refractivity contribution is 4.78. The summed E-state index contributed by atoms with van der Waals surface area (Å²) in [5, 5.41) is 0. The molecular formula is C22H46N2. The Bertz CT molecular complexity index is 241. The molecule has 0 saturated carbocycles. The van der Waals surface area contributed by atoms with E-state index in [2.05, 4.69) is 30.6 Å². The van der Waals surface area contributed by atoms with Crippen LogP contribution in [0.1, 0.15) is 111 Å². The van der Waals surface area contributed by atoms with Gasteiger partial charge in [-0.05, 0) is 32.9 Å². The van der Waals surface area contributed by atoms with Gasteiger partial charge >= 0.3 is 0 Å². The number of hydrogen-bond acceptors (Lipinski definition) is 2. The quantitative estimate of drug-likeness (QED) is 0.298. The molecule has 0 spiro atoms. The number of hydrogen-bond donors (Lipinski definition) is 0. The van der Waals surface area contributed by atoms with E-state index < -0.39 is 0 Å². The second kappa shape index (κ2) is 15.2. The van der Waals surface area contributed by atoms with Crippen LogP contribution in [0.5, 0.6) is 0 Å². The predicted molar refractivity (Wildman–Crippen MR) is 109 cm³/mol. The third-order valence-electron chi connectivity index (χ3n) is 5.83.